The van der Waals surface area contributed by atoms with Gasteiger partial charge in [0.2, 0.25) is 11.8 Å². The Morgan fingerprint density at radius 2 is 1.96 bits per heavy atom. The number of nitrogens with zero attached hydrogens (tertiary/aromatic N) is 1. The topological polar surface area (TPSA) is 49.4 Å². The van der Waals surface area contributed by atoms with Gasteiger partial charge in [0.25, 0.3) is 0 Å². The summed E-state index contributed by atoms with van der Waals surface area (Å²) >= 11 is 0. The molecule has 1 aromatic carbocycles. The average Bonchev–Trinajstić information content (AvgIpc) is 2.57. The molecule has 1 N–H and O–H groups in total. The number of benzene rings is 1. The zero-order valence-corrected chi connectivity index (χ0v) is 14.5. The molecule has 0 atom stereocenters. The van der Waals surface area contributed by atoms with Crippen molar-refractivity contribution >= 4 is 17.5 Å². The number of amides is 2. The van der Waals surface area contributed by atoms with Crippen molar-refractivity contribution in [3.8, 4) is 0 Å². The van der Waals surface area contributed by atoms with Gasteiger partial charge in [0.1, 0.15) is 5.41 Å². The highest BCUT2D eigenvalue weighted by Gasteiger charge is 2.40. The lowest BCUT2D eigenvalue weighted by molar-refractivity contribution is -0.139. The molecule has 1 heterocycles. The van der Waals surface area contributed by atoms with Crippen molar-refractivity contribution in [2.24, 2.45) is 5.41 Å². The van der Waals surface area contributed by atoms with Gasteiger partial charge in [-0.1, -0.05) is 38.0 Å². The number of aryl methyl sites for hydroxylation is 1. The Morgan fingerprint density at radius 1 is 1.22 bits per heavy atom. The highest BCUT2D eigenvalue weighted by molar-refractivity contribution is 6.11. The highest BCUT2D eigenvalue weighted by Crippen LogP contribution is 2.31. The largest absolute Gasteiger partial charge is 0.355 e. The number of carbonyl (C=O) groups is 2. The molecule has 0 saturated carbocycles. The van der Waals surface area contributed by atoms with E-state index in [2.05, 4.69) is 18.3 Å². The molecule has 0 radical (unpaired) electrons. The quantitative estimate of drug-likeness (QED) is 0.646. The standard InChI is InChI=1S/C19H28N2O2/c1-4-5-8-13-20-17(22)19(2,3)18(23)21-14-9-11-15-10-6-7-12-16(15)21/h6-7,10,12H,4-5,8-9,11,13-14H2,1-3H3,(H,20,22). The Hall–Kier alpha value is -1.84. The van der Waals surface area contributed by atoms with Gasteiger partial charge in [-0.05, 0) is 44.7 Å². The van der Waals surface area contributed by atoms with Gasteiger partial charge >= 0.3 is 0 Å². The number of carbonyl (C=O) groups excluding carboxylic acids is 2. The number of unbranched alkanes of at least 4 members (excludes halogenated alkanes) is 2. The second-order valence-electron chi connectivity index (χ2n) is 6.78. The summed E-state index contributed by atoms with van der Waals surface area (Å²) < 4.78 is 0. The van der Waals surface area contributed by atoms with Crippen LogP contribution in [0.5, 0.6) is 0 Å². The van der Waals surface area contributed by atoms with Crippen molar-refractivity contribution in [1.82, 2.24) is 5.32 Å². The van der Waals surface area contributed by atoms with Gasteiger partial charge in [0, 0.05) is 18.8 Å². The molecule has 126 valence electrons. The lowest BCUT2D eigenvalue weighted by Gasteiger charge is -2.35. The number of hydrogen-bond acceptors (Lipinski definition) is 2. The van der Waals surface area contributed by atoms with Gasteiger partial charge < -0.3 is 10.2 Å². The third kappa shape index (κ3) is 3.92. The van der Waals surface area contributed by atoms with Crippen LogP contribution in [0.15, 0.2) is 24.3 Å². The lowest BCUT2D eigenvalue weighted by atomic mass is 9.88. The van der Waals surface area contributed by atoms with Crippen molar-refractivity contribution in [2.75, 3.05) is 18.0 Å². The summed E-state index contributed by atoms with van der Waals surface area (Å²) in [4.78, 5) is 27.2. The first-order valence-electron chi connectivity index (χ1n) is 8.66. The minimum Gasteiger partial charge on any atom is -0.355 e. The van der Waals surface area contributed by atoms with Crippen LogP contribution in [-0.4, -0.2) is 24.9 Å². The Kier molecular flexibility index (Phi) is 5.80. The number of rotatable bonds is 6. The molecule has 1 aromatic rings. The third-order valence-corrected chi connectivity index (χ3v) is 4.52. The van der Waals surface area contributed by atoms with E-state index < -0.39 is 5.41 Å². The summed E-state index contributed by atoms with van der Waals surface area (Å²) in [7, 11) is 0. The summed E-state index contributed by atoms with van der Waals surface area (Å²) in [6.45, 7) is 6.90. The predicted octanol–water partition coefficient (Wildman–Crippen LogP) is 3.30. The second-order valence-corrected chi connectivity index (χ2v) is 6.78. The summed E-state index contributed by atoms with van der Waals surface area (Å²) in [6, 6.07) is 7.98. The van der Waals surface area contributed by atoms with E-state index in [4.69, 9.17) is 0 Å². The van der Waals surface area contributed by atoms with E-state index in [1.54, 1.807) is 18.7 Å². The zero-order valence-electron chi connectivity index (χ0n) is 14.5. The maximum absolute atomic E-state index is 13.0. The van der Waals surface area contributed by atoms with Gasteiger partial charge in [-0.25, -0.2) is 0 Å². The molecule has 0 spiro atoms. The van der Waals surface area contributed by atoms with Gasteiger partial charge in [0.05, 0.1) is 0 Å². The maximum atomic E-state index is 13.0. The van der Waals surface area contributed by atoms with E-state index in [1.165, 1.54) is 5.56 Å². The molecular weight excluding hydrogens is 288 g/mol. The molecule has 0 aromatic heterocycles. The SMILES string of the molecule is CCCCCNC(=O)C(C)(C)C(=O)N1CCCc2ccccc21. The van der Waals surface area contributed by atoms with Gasteiger partial charge in [-0.3, -0.25) is 9.59 Å². The maximum Gasteiger partial charge on any atom is 0.242 e. The van der Waals surface area contributed by atoms with Gasteiger partial charge in [0.15, 0.2) is 0 Å². The minimum atomic E-state index is -1.04. The molecular formula is C19H28N2O2. The van der Waals surface area contributed by atoms with Crippen LogP contribution in [-0.2, 0) is 16.0 Å². The lowest BCUT2D eigenvalue weighted by Crippen LogP contribution is -2.51. The molecule has 4 heteroatoms. The molecule has 0 aliphatic carbocycles. The predicted molar refractivity (Wildman–Crippen MR) is 93.4 cm³/mol. The third-order valence-electron chi connectivity index (χ3n) is 4.52. The molecule has 4 nitrogen and oxygen atoms in total. The van der Waals surface area contributed by atoms with E-state index in [9.17, 15) is 9.59 Å². The van der Waals surface area contributed by atoms with Crippen LogP contribution >= 0.6 is 0 Å². The van der Waals surface area contributed by atoms with Crippen LogP contribution in [0.2, 0.25) is 0 Å². The van der Waals surface area contributed by atoms with Crippen LogP contribution in [0.3, 0.4) is 0 Å². The van der Waals surface area contributed by atoms with Crippen LogP contribution < -0.4 is 10.2 Å². The zero-order chi connectivity index (χ0) is 16.9. The average molecular weight is 316 g/mol. The molecule has 1 aliphatic heterocycles. The number of para-hydroxylation sites is 1. The fourth-order valence-electron chi connectivity index (χ4n) is 2.98. The van der Waals surface area contributed by atoms with Crippen LogP contribution in [0.4, 0.5) is 5.69 Å². The minimum absolute atomic E-state index is 0.113. The molecule has 0 unspecified atom stereocenters. The van der Waals surface area contributed by atoms with Crippen molar-refractivity contribution in [2.45, 2.75) is 52.9 Å². The number of hydrogen-bond donors (Lipinski definition) is 1. The van der Waals surface area contributed by atoms with E-state index in [0.717, 1.165) is 37.8 Å². The van der Waals surface area contributed by atoms with E-state index in [-0.39, 0.29) is 11.8 Å². The molecule has 23 heavy (non-hydrogen) atoms. The Labute approximate surface area is 139 Å². The van der Waals surface area contributed by atoms with E-state index >= 15 is 0 Å². The van der Waals surface area contributed by atoms with Crippen molar-refractivity contribution in [3.63, 3.8) is 0 Å². The fourth-order valence-corrected chi connectivity index (χ4v) is 2.98. The normalized spacial score (nSPS) is 14.3. The van der Waals surface area contributed by atoms with E-state index in [0.29, 0.717) is 13.1 Å². The summed E-state index contributed by atoms with van der Waals surface area (Å²) in [5.41, 5.74) is 1.10. The first kappa shape index (κ1) is 17.5. The highest BCUT2D eigenvalue weighted by atomic mass is 16.2. The van der Waals surface area contributed by atoms with Crippen LogP contribution in [0, 0.1) is 5.41 Å². The number of anilines is 1. The summed E-state index contributed by atoms with van der Waals surface area (Å²) in [5, 5.41) is 2.92. The molecule has 2 rings (SSSR count). The molecule has 1 aliphatic rings. The second kappa shape index (κ2) is 7.62. The molecule has 0 fully saturated rings. The van der Waals surface area contributed by atoms with Gasteiger partial charge in [-0.15, -0.1) is 0 Å². The van der Waals surface area contributed by atoms with Crippen LogP contribution in [0.25, 0.3) is 0 Å². The first-order chi connectivity index (χ1) is 11.0. The van der Waals surface area contributed by atoms with Crippen molar-refractivity contribution in [3.05, 3.63) is 29.8 Å². The first-order valence-corrected chi connectivity index (χ1v) is 8.66. The molecule has 2 amide bonds. The summed E-state index contributed by atoms with van der Waals surface area (Å²) in [6.07, 6.45) is 5.09. The number of nitrogens with one attached hydrogen (secondary N) is 1. The fraction of sp³-hybridized carbons (Fsp3) is 0.579. The van der Waals surface area contributed by atoms with Crippen molar-refractivity contribution in [1.29, 1.82) is 0 Å². The van der Waals surface area contributed by atoms with Crippen LogP contribution in [0.1, 0.15) is 52.0 Å². The van der Waals surface area contributed by atoms with E-state index in [1.807, 2.05) is 18.2 Å². The Bertz CT molecular complexity index is 566. The Balaban J connectivity index is 2.08. The monoisotopic (exact) mass is 316 g/mol. The Morgan fingerprint density at radius 3 is 2.70 bits per heavy atom. The van der Waals surface area contributed by atoms with Gasteiger partial charge in [-0.2, -0.15) is 0 Å². The summed E-state index contributed by atoms with van der Waals surface area (Å²) in [5.74, 6) is -0.292. The molecule has 0 saturated heterocycles. The molecule has 0 bridgehead atoms. The smallest absolute Gasteiger partial charge is 0.242 e. The van der Waals surface area contributed by atoms with Crippen molar-refractivity contribution < 1.29 is 9.59 Å². The number of fused-ring (bicyclic) bond motifs is 1.